The van der Waals surface area contributed by atoms with Crippen LogP contribution in [0.1, 0.15) is 24.5 Å². The summed E-state index contributed by atoms with van der Waals surface area (Å²) in [6.07, 6.45) is 2.29. The van der Waals surface area contributed by atoms with Gasteiger partial charge >= 0.3 is 6.09 Å². The van der Waals surface area contributed by atoms with E-state index < -0.39 is 11.0 Å². The van der Waals surface area contributed by atoms with Crippen molar-refractivity contribution in [3.05, 3.63) is 88.5 Å². The Morgan fingerprint density at radius 2 is 1.86 bits per heavy atom. The highest BCUT2D eigenvalue weighted by Gasteiger charge is 2.25. The molecule has 0 radical (unpaired) electrons. The van der Waals surface area contributed by atoms with Gasteiger partial charge in [-0.05, 0) is 30.9 Å². The first-order valence-corrected chi connectivity index (χ1v) is 9.44. The average molecular weight is 398 g/mol. The number of hydrogen-bond donors (Lipinski definition) is 0. The highest BCUT2D eigenvalue weighted by molar-refractivity contribution is 5.68. The summed E-state index contributed by atoms with van der Waals surface area (Å²) in [5.41, 5.74) is 1.80. The number of rotatable bonds is 11. The molecule has 7 heteroatoms. The average Bonchev–Trinajstić information content (AvgIpc) is 2.73. The van der Waals surface area contributed by atoms with Crippen LogP contribution in [-0.4, -0.2) is 35.3 Å². The van der Waals surface area contributed by atoms with Crippen LogP contribution in [0.5, 0.6) is 0 Å². The maximum Gasteiger partial charge on any atom is 0.412 e. The number of amides is 1. The van der Waals surface area contributed by atoms with Gasteiger partial charge in [-0.25, -0.2) is 4.79 Å². The summed E-state index contributed by atoms with van der Waals surface area (Å²) in [4.78, 5) is 24.7. The number of carbonyl (C=O) groups is 1. The molecule has 0 bridgehead atoms. The van der Waals surface area contributed by atoms with Gasteiger partial charge in [-0.1, -0.05) is 48.5 Å². The number of non-ortho nitro benzene ring substituents is 1. The zero-order chi connectivity index (χ0) is 21.1. The maximum atomic E-state index is 12.8. The molecule has 0 saturated carbocycles. The molecule has 0 aliphatic carbocycles. The predicted molar refractivity (Wildman–Crippen MR) is 110 cm³/mol. The van der Waals surface area contributed by atoms with Crippen LogP contribution >= 0.6 is 0 Å². The maximum absolute atomic E-state index is 12.8. The van der Waals surface area contributed by atoms with Crippen LogP contribution in [0.4, 0.5) is 10.5 Å². The fourth-order valence-electron chi connectivity index (χ4n) is 2.84. The van der Waals surface area contributed by atoms with Gasteiger partial charge in [0.05, 0.1) is 4.92 Å². The van der Waals surface area contributed by atoms with Crippen molar-refractivity contribution >= 4 is 11.8 Å². The Hall–Kier alpha value is -3.19. The highest BCUT2D eigenvalue weighted by atomic mass is 16.6. The minimum absolute atomic E-state index is 0.0301. The van der Waals surface area contributed by atoms with E-state index in [1.54, 1.807) is 18.2 Å². The first-order chi connectivity index (χ1) is 14.0. The van der Waals surface area contributed by atoms with Crippen molar-refractivity contribution < 1.29 is 19.2 Å². The van der Waals surface area contributed by atoms with Gasteiger partial charge in [-0.3, -0.25) is 15.0 Å². The van der Waals surface area contributed by atoms with Gasteiger partial charge in [-0.15, -0.1) is 6.58 Å². The largest absolute Gasteiger partial charge is 0.444 e. The summed E-state index contributed by atoms with van der Waals surface area (Å²) in [5, 5.41) is 10.8. The van der Waals surface area contributed by atoms with E-state index in [1.807, 2.05) is 37.3 Å². The van der Waals surface area contributed by atoms with E-state index in [2.05, 4.69) is 6.58 Å². The molecule has 7 nitrogen and oxygen atoms in total. The van der Waals surface area contributed by atoms with Crippen molar-refractivity contribution in [2.24, 2.45) is 0 Å². The van der Waals surface area contributed by atoms with E-state index in [9.17, 15) is 14.9 Å². The SMILES string of the molecule is C=CCC(Cc1ccc([N+](=O)[O-])cc1)N(COCC)C(=O)OCc1ccccc1. The highest BCUT2D eigenvalue weighted by Crippen LogP contribution is 2.18. The van der Waals surface area contributed by atoms with Crippen LogP contribution in [0.2, 0.25) is 0 Å². The molecule has 2 aromatic carbocycles. The van der Waals surface area contributed by atoms with Gasteiger partial charge in [-0.2, -0.15) is 0 Å². The van der Waals surface area contributed by atoms with E-state index in [-0.39, 0.29) is 25.1 Å². The number of nitro benzene ring substituents is 1. The lowest BCUT2D eigenvalue weighted by Crippen LogP contribution is -2.43. The lowest BCUT2D eigenvalue weighted by atomic mass is 10.0. The summed E-state index contributed by atoms with van der Waals surface area (Å²) in [6.45, 7) is 6.36. The molecule has 1 atom stereocenters. The Morgan fingerprint density at radius 3 is 2.45 bits per heavy atom. The molecule has 0 heterocycles. The molecule has 0 aliphatic rings. The number of nitro groups is 1. The summed E-state index contributed by atoms with van der Waals surface area (Å²) < 4.78 is 11.0. The minimum atomic E-state index is -0.476. The van der Waals surface area contributed by atoms with E-state index >= 15 is 0 Å². The lowest BCUT2D eigenvalue weighted by molar-refractivity contribution is -0.384. The monoisotopic (exact) mass is 398 g/mol. The fourth-order valence-corrected chi connectivity index (χ4v) is 2.84. The third kappa shape index (κ3) is 7.04. The smallest absolute Gasteiger partial charge is 0.412 e. The Balaban J connectivity index is 2.11. The molecular formula is C22H26N2O5. The molecule has 0 spiro atoms. The van der Waals surface area contributed by atoms with E-state index in [0.29, 0.717) is 19.4 Å². The molecule has 1 unspecified atom stereocenters. The number of nitrogens with zero attached hydrogens (tertiary/aromatic N) is 2. The molecule has 2 rings (SSSR count). The number of hydrogen-bond acceptors (Lipinski definition) is 5. The Bertz CT molecular complexity index is 793. The standard InChI is InChI=1S/C22H26N2O5/c1-3-8-21(15-18-11-13-20(14-12-18)24(26)27)23(17-28-4-2)22(25)29-16-19-9-6-5-7-10-19/h3,5-7,9-14,21H,1,4,8,15-17H2,2H3. The van der Waals surface area contributed by atoms with Gasteiger partial charge in [0.2, 0.25) is 0 Å². The molecule has 0 aromatic heterocycles. The molecule has 0 fully saturated rings. The number of benzene rings is 2. The Labute approximate surface area is 170 Å². The second kappa shape index (κ2) is 11.6. The molecule has 0 saturated heterocycles. The van der Waals surface area contributed by atoms with Crippen molar-refractivity contribution in [2.45, 2.75) is 32.4 Å². The normalized spacial score (nSPS) is 11.5. The van der Waals surface area contributed by atoms with E-state index in [4.69, 9.17) is 9.47 Å². The van der Waals surface area contributed by atoms with Gasteiger partial charge in [0.15, 0.2) is 0 Å². The van der Waals surface area contributed by atoms with Crippen LogP contribution in [-0.2, 0) is 22.5 Å². The number of carbonyl (C=O) groups excluding carboxylic acids is 1. The van der Waals surface area contributed by atoms with Gasteiger partial charge in [0.1, 0.15) is 13.3 Å². The second-order valence-corrected chi connectivity index (χ2v) is 6.44. The van der Waals surface area contributed by atoms with E-state index in [1.165, 1.54) is 17.0 Å². The van der Waals surface area contributed by atoms with Gasteiger partial charge in [0.25, 0.3) is 5.69 Å². The molecule has 29 heavy (non-hydrogen) atoms. The number of ether oxygens (including phenoxy) is 2. The topological polar surface area (TPSA) is 81.9 Å². The minimum Gasteiger partial charge on any atom is -0.444 e. The summed E-state index contributed by atoms with van der Waals surface area (Å²) in [6, 6.07) is 15.5. The first-order valence-electron chi connectivity index (χ1n) is 9.44. The lowest BCUT2D eigenvalue weighted by Gasteiger charge is -2.30. The summed E-state index contributed by atoms with van der Waals surface area (Å²) >= 11 is 0. The van der Waals surface area contributed by atoms with Crippen LogP contribution in [0.3, 0.4) is 0 Å². The van der Waals surface area contributed by atoms with Crippen molar-refractivity contribution in [1.82, 2.24) is 4.90 Å². The van der Waals surface area contributed by atoms with Crippen molar-refractivity contribution in [2.75, 3.05) is 13.3 Å². The van der Waals surface area contributed by atoms with Gasteiger partial charge < -0.3 is 9.47 Å². The summed E-state index contributed by atoms with van der Waals surface area (Å²) in [5.74, 6) is 0. The molecule has 1 amide bonds. The van der Waals surface area contributed by atoms with Gasteiger partial charge in [0, 0.05) is 24.8 Å². The van der Waals surface area contributed by atoms with Crippen LogP contribution in [0, 0.1) is 10.1 Å². The molecule has 154 valence electrons. The van der Waals surface area contributed by atoms with E-state index in [0.717, 1.165) is 11.1 Å². The predicted octanol–water partition coefficient (Wildman–Crippen LogP) is 4.71. The van der Waals surface area contributed by atoms with Crippen molar-refractivity contribution in [3.63, 3.8) is 0 Å². The molecule has 0 aliphatic heterocycles. The quantitative estimate of drug-likeness (QED) is 0.237. The van der Waals surface area contributed by atoms with Crippen LogP contribution < -0.4 is 0 Å². The summed E-state index contributed by atoms with van der Waals surface area (Å²) in [7, 11) is 0. The van der Waals surface area contributed by atoms with Crippen molar-refractivity contribution in [1.29, 1.82) is 0 Å². The second-order valence-electron chi connectivity index (χ2n) is 6.44. The zero-order valence-electron chi connectivity index (χ0n) is 16.5. The molecular weight excluding hydrogens is 372 g/mol. The third-order valence-electron chi connectivity index (χ3n) is 4.37. The molecule has 0 N–H and O–H groups in total. The third-order valence-corrected chi connectivity index (χ3v) is 4.37. The van der Waals surface area contributed by atoms with Crippen LogP contribution in [0.15, 0.2) is 67.3 Å². The first kappa shape index (κ1) is 22.1. The Kier molecular flexibility index (Phi) is 8.85. The van der Waals surface area contributed by atoms with Crippen LogP contribution in [0.25, 0.3) is 0 Å². The van der Waals surface area contributed by atoms with Crippen molar-refractivity contribution in [3.8, 4) is 0 Å². The Morgan fingerprint density at radius 1 is 1.17 bits per heavy atom. The zero-order valence-corrected chi connectivity index (χ0v) is 16.5. The molecule has 2 aromatic rings. The fraction of sp³-hybridized carbons (Fsp3) is 0.318.